The number of nitrogens with one attached hydrogen (secondary N) is 1. The van der Waals surface area contributed by atoms with Crippen molar-refractivity contribution in [1.82, 2.24) is 9.78 Å². The summed E-state index contributed by atoms with van der Waals surface area (Å²) < 4.78 is 11.7. The Hall–Kier alpha value is -4.96. The van der Waals surface area contributed by atoms with Gasteiger partial charge in [0.25, 0.3) is 5.56 Å². The van der Waals surface area contributed by atoms with E-state index in [4.69, 9.17) is 21.1 Å². The van der Waals surface area contributed by atoms with Gasteiger partial charge in [-0.25, -0.2) is 9.48 Å². The number of benzene rings is 3. The molecular formula is C30H26ClN3O7. The number of aromatic carboxylic acids is 1. The maximum Gasteiger partial charge on any atom is 0.339 e. The maximum atomic E-state index is 13.7. The van der Waals surface area contributed by atoms with Gasteiger partial charge in [0.2, 0.25) is 11.8 Å². The van der Waals surface area contributed by atoms with Gasteiger partial charge in [-0.05, 0) is 48.4 Å². The van der Waals surface area contributed by atoms with E-state index < -0.39 is 23.5 Å². The summed E-state index contributed by atoms with van der Waals surface area (Å²) in [4.78, 5) is 50.9. The number of amides is 1. The van der Waals surface area contributed by atoms with Crippen molar-refractivity contribution in [2.75, 3.05) is 19.5 Å². The molecule has 0 fully saturated rings. The zero-order chi connectivity index (χ0) is 29.7. The smallest absolute Gasteiger partial charge is 0.339 e. The molecule has 1 amide bonds. The predicted molar refractivity (Wildman–Crippen MR) is 153 cm³/mol. The minimum Gasteiger partial charge on any atom is -0.496 e. The number of carbonyl (C=O) groups excluding carboxylic acids is 2. The molecular weight excluding hydrogens is 550 g/mol. The predicted octanol–water partition coefficient (Wildman–Crippen LogP) is 4.90. The topological polar surface area (TPSA) is 137 Å². The van der Waals surface area contributed by atoms with E-state index >= 15 is 0 Å². The molecule has 0 aliphatic heterocycles. The summed E-state index contributed by atoms with van der Waals surface area (Å²) in [5.74, 6) is -1.95. The van der Waals surface area contributed by atoms with Crippen LogP contribution in [0.25, 0.3) is 11.1 Å². The average Bonchev–Trinajstić information content (AvgIpc) is 2.96. The number of carboxylic acid groups (broad SMARTS) is 1. The van der Waals surface area contributed by atoms with Crippen LogP contribution in [0, 0.1) is 0 Å². The Balaban J connectivity index is 1.81. The van der Waals surface area contributed by atoms with E-state index in [1.165, 1.54) is 45.4 Å². The molecule has 0 unspecified atom stereocenters. The molecule has 4 rings (SSSR count). The molecule has 0 spiro atoms. The van der Waals surface area contributed by atoms with Crippen LogP contribution >= 0.6 is 11.6 Å². The number of Topliss-reactive ketones (excluding diaryl/α,β-unsaturated/α-hetero) is 1. The van der Waals surface area contributed by atoms with Gasteiger partial charge >= 0.3 is 5.97 Å². The summed E-state index contributed by atoms with van der Waals surface area (Å²) in [5, 5.41) is 16.8. The van der Waals surface area contributed by atoms with Gasteiger partial charge in [-0.1, -0.05) is 41.9 Å². The van der Waals surface area contributed by atoms with Gasteiger partial charge in [0, 0.05) is 34.8 Å². The lowest BCUT2D eigenvalue weighted by Gasteiger charge is -2.21. The summed E-state index contributed by atoms with van der Waals surface area (Å²) in [6.45, 7) is 1.39. The summed E-state index contributed by atoms with van der Waals surface area (Å²) >= 11 is 6.20. The van der Waals surface area contributed by atoms with E-state index in [1.807, 2.05) is 30.3 Å². The molecule has 0 saturated heterocycles. The van der Waals surface area contributed by atoms with Crippen LogP contribution < -0.4 is 20.3 Å². The number of anilines is 1. The molecule has 3 aromatic carbocycles. The molecule has 0 radical (unpaired) electrons. The number of nitrogens with zero attached hydrogens (tertiary/aromatic N) is 2. The number of carboxylic acids is 1. The van der Waals surface area contributed by atoms with E-state index in [9.17, 15) is 24.3 Å². The Morgan fingerprint density at radius 3 is 2.29 bits per heavy atom. The third kappa shape index (κ3) is 6.44. The maximum absolute atomic E-state index is 13.7. The number of ether oxygens (including phenoxy) is 2. The van der Waals surface area contributed by atoms with Crippen LogP contribution in [-0.2, 0) is 11.2 Å². The van der Waals surface area contributed by atoms with Crippen molar-refractivity contribution in [3.8, 4) is 22.8 Å². The Kier molecular flexibility index (Phi) is 8.84. The number of rotatable bonds is 10. The first-order valence-corrected chi connectivity index (χ1v) is 12.8. The van der Waals surface area contributed by atoms with E-state index in [2.05, 4.69) is 10.4 Å². The molecule has 1 heterocycles. The standard InChI is InChI=1S/C30H26ClN3O7/c1-17(35)21-11-9-19(31)14-23(21)24-16-27(36)34(33-29(24)41-3)25(13-18-7-5-4-6-8-18)28(37)32-20-10-12-22(30(38)39)26(15-20)40-2/h4-12,14-16,25H,13H2,1-3H3,(H,32,37)(H,38,39)/t25-/m0/s1. The fourth-order valence-electron chi connectivity index (χ4n) is 4.36. The molecule has 41 heavy (non-hydrogen) atoms. The summed E-state index contributed by atoms with van der Waals surface area (Å²) in [6.07, 6.45) is 0.0995. The van der Waals surface area contributed by atoms with Crippen molar-refractivity contribution in [1.29, 1.82) is 0 Å². The normalized spacial score (nSPS) is 11.4. The molecule has 0 saturated carbocycles. The van der Waals surface area contributed by atoms with Crippen molar-refractivity contribution in [3.05, 3.63) is 105 Å². The Morgan fingerprint density at radius 2 is 1.66 bits per heavy atom. The molecule has 10 nitrogen and oxygen atoms in total. The molecule has 11 heteroatoms. The molecule has 0 bridgehead atoms. The molecule has 0 aliphatic rings. The fraction of sp³-hybridized carbons (Fsp3) is 0.167. The number of ketones is 1. The lowest BCUT2D eigenvalue weighted by Crippen LogP contribution is -2.36. The fourth-order valence-corrected chi connectivity index (χ4v) is 4.54. The van der Waals surface area contributed by atoms with E-state index in [0.29, 0.717) is 16.1 Å². The van der Waals surface area contributed by atoms with Crippen molar-refractivity contribution >= 4 is 34.9 Å². The lowest BCUT2D eigenvalue weighted by molar-refractivity contribution is -0.119. The molecule has 1 atom stereocenters. The van der Waals surface area contributed by atoms with Crippen molar-refractivity contribution in [3.63, 3.8) is 0 Å². The average molecular weight is 576 g/mol. The molecule has 0 aliphatic carbocycles. The first-order chi connectivity index (χ1) is 19.6. The minimum absolute atomic E-state index is 0.00714. The van der Waals surface area contributed by atoms with Crippen LogP contribution in [0.5, 0.6) is 11.6 Å². The number of carbonyl (C=O) groups is 3. The van der Waals surface area contributed by atoms with Gasteiger partial charge in [0.15, 0.2) is 5.78 Å². The van der Waals surface area contributed by atoms with E-state index in [1.54, 1.807) is 18.2 Å². The Morgan fingerprint density at radius 1 is 0.951 bits per heavy atom. The second-order valence-corrected chi connectivity index (χ2v) is 9.45. The lowest BCUT2D eigenvalue weighted by atomic mass is 9.98. The molecule has 4 aromatic rings. The zero-order valence-electron chi connectivity index (χ0n) is 22.4. The third-order valence-corrected chi connectivity index (χ3v) is 6.57. The zero-order valence-corrected chi connectivity index (χ0v) is 23.1. The second-order valence-electron chi connectivity index (χ2n) is 9.01. The van der Waals surface area contributed by atoms with Gasteiger partial charge in [0.05, 0.1) is 19.8 Å². The van der Waals surface area contributed by atoms with Crippen LogP contribution in [0.1, 0.15) is 39.2 Å². The molecule has 210 valence electrons. The highest BCUT2D eigenvalue weighted by atomic mass is 35.5. The van der Waals surface area contributed by atoms with Gasteiger partial charge < -0.3 is 19.9 Å². The second kappa shape index (κ2) is 12.5. The number of aromatic nitrogens is 2. The molecule has 2 N–H and O–H groups in total. The number of halogens is 1. The van der Waals surface area contributed by atoms with E-state index in [-0.39, 0.29) is 40.6 Å². The van der Waals surface area contributed by atoms with Gasteiger partial charge in [-0.2, -0.15) is 0 Å². The van der Waals surface area contributed by atoms with Crippen molar-refractivity contribution < 1.29 is 29.0 Å². The SMILES string of the molecule is COc1cc(NC(=O)[C@H](Cc2ccccc2)n2nc(OC)c(-c3cc(Cl)ccc3C(C)=O)cc2=O)ccc1C(=O)O. The summed E-state index contributed by atoms with van der Waals surface area (Å²) in [7, 11) is 2.68. The van der Waals surface area contributed by atoms with Gasteiger partial charge in [0.1, 0.15) is 17.4 Å². The Labute approximate surface area is 240 Å². The highest BCUT2D eigenvalue weighted by molar-refractivity contribution is 6.31. The highest BCUT2D eigenvalue weighted by Crippen LogP contribution is 2.33. The van der Waals surface area contributed by atoms with Crippen molar-refractivity contribution in [2.24, 2.45) is 0 Å². The van der Waals surface area contributed by atoms with E-state index in [0.717, 1.165) is 10.2 Å². The van der Waals surface area contributed by atoms with Gasteiger partial charge in [-0.15, -0.1) is 5.10 Å². The highest BCUT2D eigenvalue weighted by Gasteiger charge is 2.27. The quantitative estimate of drug-likeness (QED) is 0.255. The largest absolute Gasteiger partial charge is 0.496 e. The monoisotopic (exact) mass is 575 g/mol. The number of methoxy groups -OCH3 is 2. The summed E-state index contributed by atoms with van der Waals surface area (Å²) in [6, 6.07) is 18.0. The number of hydrogen-bond acceptors (Lipinski definition) is 7. The number of hydrogen-bond donors (Lipinski definition) is 2. The third-order valence-electron chi connectivity index (χ3n) is 6.34. The van der Waals surface area contributed by atoms with Crippen LogP contribution in [0.4, 0.5) is 5.69 Å². The van der Waals surface area contributed by atoms with Gasteiger partial charge in [-0.3, -0.25) is 14.4 Å². The van der Waals surface area contributed by atoms with Crippen molar-refractivity contribution in [2.45, 2.75) is 19.4 Å². The summed E-state index contributed by atoms with van der Waals surface area (Å²) in [5.41, 5.74) is 1.26. The molecule has 1 aromatic heterocycles. The van der Waals surface area contributed by atoms with Crippen LogP contribution in [0.2, 0.25) is 5.02 Å². The first-order valence-electron chi connectivity index (χ1n) is 12.4. The van der Waals surface area contributed by atoms with Crippen LogP contribution in [-0.4, -0.2) is 46.8 Å². The first kappa shape index (κ1) is 29.0. The Bertz CT molecular complexity index is 1690. The van der Waals surface area contributed by atoms with Crippen LogP contribution in [0.15, 0.2) is 77.6 Å². The van der Waals surface area contributed by atoms with Crippen LogP contribution in [0.3, 0.4) is 0 Å². The minimum atomic E-state index is -1.18.